The highest BCUT2D eigenvalue weighted by atomic mass is 19.1. The van der Waals surface area contributed by atoms with Crippen LogP contribution in [0.5, 0.6) is 0 Å². The van der Waals surface area contributed by atoms with Crippen LogP contribution in [-0.4, -0.2) is 51.2 Å². The molecule has 1 aliphatic carbocycles. The van der Waals surface area contributed by atoms with Gasteiger partial charge in [-0.3, -0.25) is 14.4 Å². The molecule has 38 heavy (non-hydrogen) atoms. The van der Waals surface area contributed by atoms with Crippen LogP contribution in [0.4, 0.5) is 8.78 Å². The minimum absolute atomic E-state index is 0.0942. The number of aromatic amines is 1. The number of H-pyrrole nitrogens is 1. The van der Waals surface area contributed by atoms with E-state index in [1.807, 2.05) is 6.92 Å². The first-order chi connectivity index (χ1) is 18.0. The number of amides is 3. The fourth-order valence-corrected chi connectivity index (χ4v) is 5.29. The second-order valence-electron chi connectivity index (χ2n) is 11.0. The van der Waals surface area contributed by atoms with Gasteiger partial charge in [-0.25, -0.2) is 13.8 Å². The van der Waals surface area contributed by atoms with Crippen LogP contribution in [0.2, 0.25) is 0 Å². The van der Waals surface area contributed by atoms with Crippen molar-refractivity contribution < 1.29 is 23.2 Å². The Kier molecular flexibility index (Phi) is 8.47. The molecule has 8 nitrogen and oxygen atoms in total. The van der Waals surface area contributed by atoms with E-state index in [9.17, 15) is 23.2 Å². The molecule has 5 atom stereocenters. The van der Waals surface area contributed by atoms with Gasteiger partial charge in [0.05, 0.1) is 24.4 Å². The summed E-state index contributed by atoms with van der Waals surface area (Å²) >= 11 is 0. The Morgan fingerprint density at radius 2 is 1.92 bits per heavy atom. The molecule has 4 rings (SSSR count). The van der Waals surface area contributed by atoms with Crippen molar-refractivity contribution in [3.05, 3.63) is 41.9 Å². The minimum atomic E-state index is -1.02. The number of benzene rings is 1. The summed E-state index contributed by atoms with van der Waals surface area (Å²) in [6.07, 6.45) is 4.96. The third-order valence-electron chi connectivity index (χ3n) is 7.75. The molecule has 1 aromatic carbocycles. The van der Waals surface area contributed by atoms with E-state index in [-0.39, 0.29) is 41.7 Å². The summed E-state index contributed by atoms with van der Waals surface area (Å²) in [5.41, 5.74) is 0.491. The Bertz CT molecular complexity index is 1180. The van der Waals surface area contributed by atoms with Crippen LogP contribution in [0.1, 0.15) is 71.7 Å². The number of hydrogen-bond acceptors (Lipinski definition) is 4. The molecule has 0 bridgehead atoms. The Morgan fingerprint density at radius 3 is 2.58 bits per heavy atom. The van der Waals surface area contributed by atoms with E-state index in [1.165, 1.54) is 12.3 Å². The monoisotopic (exact) mass is 529 g/mol. The van der Waals surface area contributed by atoms with Crippen LogP contribution in [0.25, 0.3) is 11.3 Å². The number of nitrogens with zero attached hydrogens (tertiary/aromatic N) is 2. The van der Waals surface area contributed by atoms with Gasteiger partial charge < -0.3 is 20.5 Å². The summed E-state index contributed by atoms with van der Waals surface area (Å²) in [5.74, 6) is -1.40. The fraction of sp³-hybridized carbons (Fsp3) is 0.571. The number of piperidine rings is 1. The van der Waals surface area contributed by atoms with Crippen molar-refractivity contribution in [2.75, 3.05) is 6.54 Å². The molecule has 1 saturated heterocycles. The number of carbonyl (C=O) groups excluding carboxylic acids is 3. The minimum Gasteiger partial charge on any atom is -0.345 e. The lowest BCUT2D eigenvalue weighted by atomic mass is 10.0. The molecular weight excluding hydrogens is 492 g/mol. The average molecular weight is 530 g/mol. The molecule has 1 aliphatic heterocycles. The summed E-state index contributed by atoms with van der Waals surface area (Å²) in [7, 11) is 0. The lowest BCUT2D eigenvalue weighted by Gasteiger charge is -2.34. The molecule has 2 fully saturated rings. The van der Waals surface area contributed by atoms with Crippen LogP contribution in [-0.2, 0) is 14.4 Å². The van der Waals surface area contributed by atoms with Crippen LogP contribution in [0.15, 0.2) is 24.4 Å². The number of imidazole rings is 1. The summed E-state index contributed by atoms with van der Waals surface area (Å²) in [6.45, 7) is 8.49. The molecule has 2 aromatic rings. The molecule has 3 amide bonds. The second kappa shape index (κ2) is 11.6. The first kappa shape index (κ1) is 27.7. The van der Waals surface area contributed by atoms with Crippen molar-refractivity contribution in [1.29, 1.82) is 0 Å². The molecule has 1 saturated carbocycles. The first-order valence-electron chi connectivity index (χ1n) is 13.5. The van der Waals surface area contributed by atoms with Gasteiger partial charge in [0.25, 0.3) is 0 Å². The Balaban J connectivity index is 1.45. The van der Waals surface area contributed by atoms with Crippen molar-refractivity contribution in [1.82, 2.24) is 25.5 Å². The Morgan fingerprint density at radius 1 is 1.16 bits per heavy atom. The second-order valence-corrected chi connectivity index (χ2v) is 11.0. The number of nitrogens with one attached hydrogen (secondary N) is 3. The lowest BCUT2D eigenvalue weighted by Crippen LogP contribution is -2.52. The highest BCUT2D eigenvalue weighted by molar-refractivity contribution is 5.93. The van der Waals surface area contributed by atoms with Gasteiger partial charge in [0.15, 0.2) is 0 Å². The molecule has 2 aliphatic rings. The van der Waals surface area contributed by atoms with Gasteiger partial charge >= 0.3 is 0 Å². The van der Waals surface area contributed by atoms with E-state index >= 15 is 0 Å². The maximum atomic E-state index is 14.2. The van der Waals surface area contributed by atoms with Gasteiger partial charge in [-0.05, 0) is 63.5 Å². The van der Waals surface area contributed by atoms with Gasteiger partial charge in [-0.15, -0.1) is 0 Å². The van der Waals surface area contributed by atoms with E-state index in [1.54, 1.807) is 11.8 Å². The summed E-state index contributed by atoms with van der Waals surface area (Å²) < 4.78 is 27.5. The van der Waals surface area contributed by atoms with Crippen molar-refractivity contribution in [3.8, 4) is 11.3 Å². The molecule has 4 unspecified atom stereocenters. The summed E-state index contributed by atoms with van der Waals surface area (Å²) in [4.78, 5) is 48.4. The predicted molar refractivity (Wildman–Crippen MR) is 139 cm³/mol. The topological polar surface area (TPSA) is 107 Å². The van der Waals surface area contributed by atoms with Crippen LogP contribution >= 0.6 is 0 Å². The molecule has 10 heteroatoms. The smallest absolute Gasteiger partial charge is 0.243 e. The number of rotatable bonds is 9. The van der Waals surface area contributed by atoms with Gasteiger partial charge in [0, 0.05) is 30.1 Å². The fourth-order valence-electron chi connectivity index (χ4n) is 5.29. The van der Waals surface area contributed by atoms with Crippen LogP contribution in [0.3, 0.4) is 0 Å². The molecule has 3 N–H and O–H groups in total. The molecule has 2 heterocycles. The number of hydrogen-bond donors (Lipinski definition) is 3. The summed E-state index contributed by atoms with van der Waals surface area (Å²) in [6, 6.07) is 1.71. The molecule has 206 valence electrons. The molecule has 0 spiro atoms. The largest absolute Gasteiger partial charge is 0.345 e. The maximum Gasteiger partial charge on any atom is 0.243 e. The third-order valence-corrected chi connectivity index (χ3v) is 7.75. The highest BCUT2D eigenvalue weighted by Crippen LogP contribution is 2.44. The van der Waals surface area contributed by atoms with Gasteiger partial charge in [0.1, 0.15) is 23.5 Å². The number of halogens is 2. The van der Waals surface area contributed by atoms with Crippen molar-refractivity contribution in [2.24, 2.45) is 17.8 Å². The molecule has 1 aromatic heterocycles. The third kappa shape index (κ3) is 6.39. The Labute approximate surface area is 222 Å². The lowest BCUT2D eigenvalue weighted by molar-refractivity contribution is -0.138. The standard InChI is InChI=1S/C28H37F2N5O3/c1-15(2)20-12-21(20)27(37)34-23(13-25(36)35-10-6-5-7-16(35)3)28(38)32-17(4)26-31-14-24(33-26)19-9-8-18(29)11-22(19)30/h8-9,11,14-17,20-21,23H,5-7,10,12-13H2,1-4H3,(H,31,33)(H,32,38)(H,34,37)/t16?,17-,20?,21?,23?/m0/s1. The van der Waals surface area contributed by atoms with Crippen molar-refractivity contribution in [2.45, 2.75) is 77.9 Å². The normalized spacial score (nSPS) is 22.6. The van der Waals surface area contributed by atoms with Gasteiger partial charge in [-0.1, -0.05) is 13.8 Å². The van der Waals surface area contributed by atoms with E-state index in [0.717, 1.165) is 37.8 Å². The predicted octanol–water partition coefficient (Wildman–Crippen LogP) is 4.10. The zero-order chi connectivity index (χ0) is 27.6. The number of carbonyl (C=O) groups is 3. The van der Waals surface area contributed by atoms with E-state index in [2.05, 4.69) is 34.4 Å². The van der Waals surface area contributed by atoms with Crippen molar-refractivity contribution in [3.63, 3.8) is 0 Å². The zero-order valence-electron chi connectivity index (χ0n) is 22.4. The van der Waals surface area contributed by atoms with Gasteiger partial charge in [0.2, 0.25) is 17.7 Å². The highest BCUT2D eigenvalue weighted by Gasteiger charge is 2.45. The molecular formula is C28H37F2N5O3. The van der Waals surface area contributed by atoms with E-state index in [4.69, 9.17) is 0 Å². The van der Waals surface area contributed by atoms with Gasteiger partial charge in [-0.2, -0.15) is 0 Å². The first-order valence-corrected chi connectivity index (χ1v) is 13.5. The maximum absolute atomic E-state index is 14.2. The van der Waals surface area contributed by atoms with Crippen molar-refractivity contribution >= 4 is 17.7 Å². The number of aromatic nitrogens is 2. The number of likely N-dealkylation sites (tertiary alicyclic amines) is 1. The SMILES string of the molecule is CC(C)C1CC1C(=O)NC(CC(=O)N1CCCCC1C)C(=O)N[C@@H](C)c1ncc(-c2ccc(F)cc2F)[nH]1. The van der Waals surface area contributed by atoms with E-state index in [0.29, 0.717) is 24.0 Å². The van der Waals surface area contributed by atoms with Crippen LogP contribution in [0, 0.1) is 29.4 Å². The quantitative estimate of drug-likeness (QED) is 0.455. The summed E-state index contributed by atoms with van der Waals surface area (Å²) in [5, 5.41) is 5.67. The average Bonchev–Trinajstić information content (AvgIpc) is 3.53. The van der Waals surface area contributed by atoms with E-state index < -0.39 is 29.6 Å². The zero-order valence-corrected chi connectivity index (χ0v) is 22.4. The molecule has 0 radical (unpaired) electrons. The van der Waals surface area contributed by atoms with Crippen LogP contribution < -0.4 is 10.6 Å². The Hall–Kier alpha value is -3.30.